The molecule has 148 valence electrons. The predicted octanol–water partition coefficient (Wildman–Crippen LogP) is 3.45. The fourth-order valence-electron chi connectivity index (χ4n) is 3.24. The highest BCUT2D eigenvalue weighted by atomic mass is 19.4. The van der Waals surface area contributed by atoms with Gasteiger partial charge in [0.1, 0.15) is 5.75 Å². The molecule has 8 heteroatoms. The van der Waals surface area contributed by atoms with Crippen LogP contribution >= 0.6 is 0 Å². The molecule has 2 aromatic rings. The number of carbonyl (C=O) groups excluding carboxylic acids is 2. The molecular weight excluding hydrogens is 373 g/mol. The molecule has 3 rings (SSSR count). The summed E-state index contributed by atoms with van der Waals surface area (Å²) in [7, 11) is 0. The van der Waals surface area contributed by atoms with E-state index in [9.17, 15) is 27.9 Å². The highest BCUT2D eigenvalue weighted by Gasteiger charge is 2.36. The Morgan fingerprint density at radius 3 is 2.14 bits per heavy atom. The van der Waals surface area contributed by atoms with E-state index in [0.29, 0.717) is 12.8 Å². The summed E-state index contributed by atoms with van der Waals surface area (Å²) in [5.74, 6) is -1.22. The summed E-state index contributed by atoms with van der Waals surface area (Å²) in [5.41, 5.74) is -1.17. The SMILES string of the molecule is O=C(NC1CCN(C(=O)c2ccccc2C(F)(F)F)CC1)c1ccccc1O. The first kappa shape index (κ1) is 19.7. The van der Waals surface area contributed by atoms with Gasteiger partial charge in [-0.25, -0.2) is 0 Å². The van der Waals surface area contributed by atoms with Crippen molar-refractivity contribution in [1.82, 2.24) is 10.2 Å². The highest BCUT2D eigenvalue weighted by molar-refractivity contribution is 5.97. The summed E-state index contributed by atoms with van der Waals surface area (Å²) in [4.78, 5) is 26.2. The molecule has 0 bridgehead atoms. The van der Waals surface area contributed by atoms with E-state index in [2.05, 4.69) is 5.32 Å². The molecule has 0 spiro atoms. The Kier molecular flexibility index (Phi) is 5.58. The summed E-state index contributed by atoms with van der Waals surface area (Å²) in [6.45, 7) is 0.466. The van der Waals surface area contributed by atoms with Crippen LogP contribution in [-0.4, -0.2) is 41.0 Å². The summed E-state index contributed by atoms with van der Waals surface area (Å²) >= 11 is 0. The van der Waals surface area contributed by atoms with Crippen molar-refractivity contribution in [3.8, 4) is 5.75 Å². The van der Waals surface area contributed by atoms with E-state index in [4.69, 9.17) is 0 Å². The van der Waals surface area contributed by atoms with Crippen LogP contribution in [0.15, 0.2) is 48.5 Å². The van der Waals surface area contributed by atoms with Crippen molar-refractivity contribution >= 4 is 11.8 Å². The van der Waals surface area contributed by atoms with E-state index in [1.165, 1.54) is 35.2 Å². The van der Waals surface area contributed by atoms with Gasteiger partial charge in [0.05, 0.1) is 16.7 Å². The van der Waals surface area contributed by atoms with Crippen molar-refractivity contribution in [2.24, 2.45) is 0 Å². The number of halogens is 3. The minimum absolute atomic E-state index is 0.128. The van der Waals surface area contributed by atoms with E-state index in [-0.39, 0.29) is 36.0 Å². The Bertz CT molecular complexity index is 875. The van der Waals surface area contributed by atoms with Crippen molar-refractivity contribution in [2.75, 3.05) is 13.1 Å². The summed E-state index contributed by atoms with van der Waals surface area (Å²) < 4.78 is 39.4. The molecule has 2 N–H and O–H groups in total. The van der Waals surface area contributed by atoms with Crippen LogP contribution in [0.5, 0.6) is 5.75 Å². The third kappa shape index (κ3) is 4.27. The third-order valence-electron chi connectivity index (χ3n) is 4.73. The monoisotopic (exact) mass is 392 g/mol. The van der Waals surface area contributed by atoms with Crippen molar-refractivity contribution in [3.05, 3.63) is 65.2 Å². The average Bonchev–Trinajstić information content (AvgIpc) is 2.67. The lowest BCUT2D eigenvalue weighted by Crippen LogP contribution is -2.46. The molecule has 0 unspecified atom stereocenters. The maximum Gasteiger partial charge on any atom is 0.417 e. The number of phenols is 1. The van der Waals surface area contributed by atoms with Crippen molar-refractivity contribution < 1.29 is 27.9 Å². The number of hydrogen-bond acceptors (Lipinski definition) is 3. The van der Waals surface area contributed by atoms with Gasteiger partial charge in [-0.3, -0.25) is 9.59 Å². The Balaban J connectivity index is 1.62. The largest absolute Gasteiger partial charge is 0.507 e. The lowest BCUT2D eigenvalue weighted by atomic mass is 10.0. The first-order valence-corrected chi connectivity index (χ1v) is 8.81. The zero-order valence-corrected chi connectivity index (χ0v) is 14.9. The van der Waals surface area contributed by atoms with Crippen molar-refractivity contribution in [1.29, 1.82) is 0 Å². The van der Waals surface area contributed by atoms with Gasteiger partial charge in [0, 0.05) is 19.1 Å². The number of amides is 2. The number of likely N-dealkylation sites (tertiary alicyclic amines) is 1. The number of hydrogen-bond donors (Lipinski definition) is 2. The Labute approximate surface area is 159 Å². The normalized spacial score (nSPS) is 15.3. The Hall–Kier alpha value is -3.03. The number of nitrogens with one attached hydrogen (secondary N) is 1. The molecule has 1 aliphatic heterocycles. The van der Waals surface area contributed by atoms with Crippen LogP contribution in [0, 0.1) is 0 Å². The second-order valence-electron chi connectivity index (χ2n) is 6.60. The highest BCUT2D eigenvalue weighted by Crippen LogP contribution is 2.32. The van der Waals surface area contributed by atoms with Gasteiger partial charge < -0.3 is 15.3 Å². The lowest BCUT2D eigenvalue weighted by molar-refractivity contribution is -0.138. The molecule has 2 amide bonds. The van der Waals surface area contributed by atoms with Gasteiger partial charge in [-0.05, 0) is 37.1 Å². The number of aromatic hydroxyl groups is 1. The second-order valence-corrected chi connectivity index (χ2v) is 6.60. The number of carbonyl (C=O) groups is 2. The molecule has 0 aromatic heterocycles. The number of piperidine rings is 1. The van der Waals surface area contributed by atoms with Crippen LogP contribution in [0.25, 0.3) is 0 Å². The standard InChI is InChI=1S/C20H19F3N2O3/c21-20(22,23)16-7-3-1-5-14(16)19(28)25-11-9-13(10-12-25)24-18(27)15-6-2-4-8-17(15)26/h1-8,13,26H,9-12H2,(H,24,27). The Morgan fingerprint density at radius 1 is 0.964 bits per heavy atom. The minimum atomic E-state index is -4.60. The van der Waals surface area contributed by atoms with E-state index in [1.807, 2.05) is 0 Å². The fourth-order valence-corrected chi connectivity index (χ4v) is 3.24. The zero-order valence-electron chi connectivity index (χ0n) is 14.9. The van der Waals surface area contributed by atoms with Crippen LogP contribution < -0.4 is 5.32 Å². The number of para-hydroxylation sites is 1. The fraction of sp³-hybridized carbons (Fsp3) is 0.300. The maximum atomic E-state index is 13.1. The van der Waals surface area contributed by atoms with Crippen LogP contribution in [0.2, 0.25) is 0 Å². The molecule has 28 heavy (non-hydrogen) atoms. The summed E-state index contributed by atoms with van der Waals surface area (Å²) in [6.07, 6.45) is -3.77. The maximum absolute atomic E-state index is 13.1. The van der Waals surface area contributed by atoms with Gasteiger partial charge >= 0.3 is 6.18 Å². The van der Waals surface area contributed by atoms with Gasteiger partial charge in [-0.2, -0.15) is 13.2 Å². The smallest absolute Gasteiger partial charge is 0.417 e. The second kappa shape index (κ2) is 7.92. The summed E-state index contributed by atoms with van der Waals surface area (Å²) in [5, 5.41) is 12.5. The van der Waals surface area contributed by atoms with Gasteiger partial charge in [0.15, 0.2) is 0 Å². The van der Waals surface area contributed by atoms with Crippen molar-refractivity contribution in [3.63, 3.8) is 0 Å². The number of rotatable bonds is 3. The number of benzene rings is 2. The van der Waals surface area contributed by atoms with Gasteiger partial charge in [0.2, 0.25) is 0 Å². The van der Waals surface area contributed by atoms with Crippen LogP contribution in [-0.2, 0) is 6.18 Å². The van der Waals surface area contributed by atoms with E-state index in [1.54, 1.807) is 12.1 Å². The van der Waals surface area contributed by atoms with Gasteiger partial charge in [-0.1, -0.05) is 24.3 Å². The lowest BCUT2D eigenvalue weighted by Gasteiger charge is -2.33. The molecule has 1 fully saturated rings. The van der Waals surface area contributed by atoms with Crippen LogP contribution in [0.4, 0.5) is 13.2 Å². The van der Waals surface area contributed by atoms with Crippen LogP contribution in [0.1, 0.15) is 39.1 Å². The average molecular weight is 392 g/mol. The topological polar surface area (TPSA) is 69.6 Å². The molecule has 2 aromatic carbocycles. The molecule has 0 radical (unpaired) electrons. The van der Waals surface area contributed by atoms with Gasteiger partial charge in [-0.15, -0.1) is 0 Å². The number of alkyl halides is 3. The van der Waals surface area contributed by atoms with E-state index in [0.717, 1.165) is 6.07 Å². The first-order valence-electron chi connectivity index (χ1n) is 8.81. The van der Waals surface area contributed by atoms with Gasteiger partial charge in [0.25, 0.3) is 11.8 Å². The first-order chi connectivity index (χ1) is 13.3. The third-order valence-corrected chi connectivity index (χ3v) is 4.73. The molecular formula is C20H19F3N2O3. The molecule has 1 aliphatic rings. The number of phenolic OH excluding ortho intramolecular Hbond substituents is 1. The van der Waals surface area contributed by atoms with Crippen LogP contribution in [0.3, 0.4) is 0 Å². The minimum Gasteiger partial charge on any atom is -0.507 e. The predicted molar refractivity (Wildman–Crippen MR) is 95.9 cm³/mol. The molecule has 0 aliphatic carbocycles. The van der Waals surface area contributed by atoms with Crippen molar-refractivity contribution in [2.45, 2.75) is 25.1 Å². The Morgan fingerprint density at radius 2 is 1.54 bits per heavy atom. The molecule has 1 heterocycles. The molecule has 0 saturated carbocycles. The van der Waals surface area contributed by atoms with E-state index >= 15 is 0 Å². The molecule has 0 atom stereocenters. The quantitative estimate of drug-likeness (QED) is 0.841. The zero-order chi connectivity index (χ0) is 20.3. The number of nitrogens with zero attached hydrogens (tertiary/aromatic N) is 1. The molecule has 1 saturated heterocycles. The summed E-state index contributed by atoms with van der Waals surface area (Å²) in [6, 6.07) is 10.6. The molecule has 5 nitrogen and oxygen atoms in total. The van der Waals surface area contributed by atoms with E-state index < -0.39 is 23.6 Å².